The van der Waals surface area contributed by atoms with Crippen LogP contribution in [0.1, 0.15) is 12.6 Å². The fourth-order valence-electron chi connectivity index (χ4n) is 2.15. The van der Waals surface area contributed by atoms with Crippen LogP contribution in [0, 0.1) is 6.92 Å². The summed E-state index contributed by atoms with van der Waals surface area (Å²) in [4.78, 5) is 6.51. The first-order chi connectivity index (χ1) is 8.61. The highest BCUT2D eigenvalue weighted by Crippen LogP contribution is 2.29. The molecule has 2 atom stereocenters. The SMILES string of the molecule is COc1cnc(C)cc1N1CCOC(C(C)N)C1. The lowest BCUT2D eigenvalue weighted by Crippen LogP contribution is -2.49. The molecule has 1 fully saturated rings. The highest BCUT2D eigenvalue weighted by Gasteiger charge is 2.25. The molecule has 0 amide bonds. The molecule has 2 heterocycles. The number of ether oxygens (including phenoxy) is 2. The maximum Gasteiger partial charge on any atom is 0.160 e. The smallest absolute Gasteiger partial charge is 0.160 e. The Morgan fingerprint density at radius 1 is 1.61 bits per heavy atom. The van der Waals surface area contributed by atoms with Crippen LogP contribution in [0.15, 0.2) is 12.3 Å². The summed E-state index contributed by atoms with van der Waals surface area (Å²) in [7, 11) is 1.67. The van der Waals surface area contributed by atoms with Gasteiger partial charge in [0.2, 0.25) is 0 Å². The van der Waals surface area contributed by atoms with Crippen LogP contribution in [0.2, 0.25) is 0 Å². The van der Waals surface area contributed by atoms with Gasteiger partial charge >= 0.3 is 0 Å². The van der Waals surface area contributed by atoms with Crippen molar-refractivity contribution < 1.29 is 9.47 Å². The molecule has 1 aliphatic heterocycles. The van der Waals surface area contributed by atoms with Crippen LogP contribution in [-0.4, -0.2) is 43.9 Å². The van der Waals surface area contributed by atoms with E-state index in [0.717, 1.165) is 30.2 Å². The zero-order chi connectivity index (χ0) is 13.1. The number of hydrogen-bond donors (Lipinski definition) is 1. The van der Waals surface area contributed by atoms with Crippen LogP contribution in [0.4, 0.5) is 5.69 Å². The molecule has 0 aliphatic carbocycles. The number of aryl methyl sites for hydroxylation is 1. The highest BCUT2D eigenvalue weighted by atomic mass is 16.5. The van der Waals surface area contributed by atoms with E-state index in [9.17, 15) is 0 Å². The number of pyridine rings is 1. The van der Waals surface area contributed by atoms with E-state index >= 15 is 0 Å². The monoisotopic (exact) mass is 251 g/mol. The van der Waals surface area contributed by atoms with Gasteiger partial charge in [-0.2, -0.15) is 0 Å². The lowest BCUT2D eigenvalue weighted by molar-refractivity contribution is 0.0274. The lowest BCUT2D eigenvalue weighted by atomic mass is 10.1. The third kappa shape index (κ3) is 2.73. The number of methoxy groups -OCH3 is 1. The first-order valence-electron chi connectivity index (χ1n) is 6.24. The Hall–Kier alpha value is -1.33. The largest absolute Gasteiger partial charge is 0.493 e. The summed E-state index contributed by atoms with van der Waals surface area (Å²) < 4.78 is 11.0. The number of nitrogens with zero attached hydrogens (tertiary/aromatic N) is 2. The van der Waals surface area contributed by atoms with Gasteiger partial charge in [0.15, 0.2) is 5.75 Å². The average Bonchev–Trinajstić information content (AvgIpc) is 2.39. The van der Waals surface area contributed by atoms with Gasteiger partial charge in [-0.25, -0.2) is 0 Å². The zero-order valence-corrected chi connectivity index (χ0v) is 11.2. The van der Waals surface area contributed by atoms with Gasteiger partial charge in [0.25, 0.3) is 0 Å². The van der Waals surface area contributed by atoms with Crippen LogP contribution in [0.3, 0.4) is 0 Å². The predicted octanol–water partition coefficient (Wildman–Crippen LogP) is 0.951. The van der Waals surface area contributed by atoms with E-state index < -0.39 is 0 Å². The van der Waals surface area contributed by atoms with Crippen LogP contribution in [-0.2, 0) is 4.74 Å². The second-order valence-electron chi connectivity index (χ2n) is 4.71. The topological polar surface area (TPSA) is 60.6 Å². The molecular weight excluding hydrogens is 230 g/mol. The van der Waals surface area contributed by atoms with Crippen molar-refractivity contribution in [3.63, 3.8) is 0 Å². The Morgan fingerprint density at radius 3 is 3.06 bits per heavy atom. The predicted molar refractivity (Wildman–Crippen MR) is 71.1 cm³/mol. The fourth-order valence-corrected chi connectivity index (χ4v) is 2.15. The Morgan fingerprint density at radius 2 is 2.39 bits per heavy atom. The summed E-state index contributed by atoms with van der Waals surface area (Å²) >= 11 is 0. The molecule has 0 radical (unpaired) electrons. The molecule has 0 saturated carbocycles. The van der Waals surface area contributed by atoms with Crippen molar-refractivity contribution in [2.24, 2.45) is 5.73 Å². The summed E-state index contributed by atoms with van der Waals surface area (Å²) in [6.45, 7) is 6.28. The first-order valence-corrected chi connectivity index (χ1v) is 6.24. The molecule has 2 unspecified atom stereocenters. The van der Waals surface area contributed by atoms with Gasteiger partial charge in [-0.15, -0.1) is 0 Å². The van der Waals surface area contributed by atoms with Crippen LogP contribution >= 0.6 is 0 Å². The third-order valence-corrected chi connectivity index (χ3v) is 3.22. The van der Waals surface area contributed by atoms with Gasteiger partial charge in [-0.3, -0.25) is 4.98 Å². The summed E-state index contributed by atoms with van der Waals surface area (Å²) in [5.74, 6) is 0.797. The molecule has 5 nitrogen and oxygen atoms in total. The Kier molecular flexibility index (Phi) is 4.04. The maximum atomic E-state index is 5.91. The number of morpholine rings is 1. The number of hydrogen-bond acceptors (Lipinski definition) is 5. The van der Waals surface area contributed by atoms with Crippen molar-refractivity contribution in [2.75, 3.05) is 31.7 Å². The third-order valence-electron chi connectivity index (χ3n) is 3.22. The number of nitrogens with two attached hydrogens (primary N) is 1. The molecule has 2 N–H and O–H groups in total. The maximum absolute atomic E-state index is 5.91. The van der Waals surface area contributed by atoms with Gasteiger partial charge in [-0.05, 0) is 19.9 Å². The van der Waals surface area contributed by atoms with E-state index in [0.29, 0.717) is 6.61 Å². The van der Waals surface area contributed by atoms with E-state index in [-0.39, 0.29) is 12.1 Å². The van der Waals surface area contributed by atoms with E-state index in [1.54, 1.807) is 13.3 Å². The molecule has 0 bridgehead atoms. The minimum Gasteiger partial charge on any atom is -0.493 e. The first kappa shape index (κ1) is 13.1. The van der Waals surface area contributed by atoms with Gasteiger partial charge in [0.1, 0.15) is 0 Å². The van der Waals surface area contributed by atoms with Crippen LogP contribution in [0.25, 0.3) is 0 Å². The number of rotatable bonds is 3. The summed E-state index contributed by atoms with van der Waals surface area (Å²) in [5.41, 5.74) is 7.96. The number of anilines is 1. The van der Waals surface area contributed by atoms with Crippen LogP contribution in [0.5, 0.6) is 5.75 Å². The molecule has 1 aliphatic rings. The second-order valence-corrected chi connectivity index (χ2v) is 4.71. The van der Waals surface area contributed by atoms with Crippen LogP contribution < -0.4 is 15.4 Å². The molecule has 0 aromatic carbocycles. The minimum atomic E-state index is 0.0294. The van der Waals surface area contributed by atoms with E-state index in [1.165, 1.54) is 0 Å². The summed E-state index contributed by atoms with van der Waals surface area (Å²) in [6.07, 6.45) is 1.83. The van der Waals surface area contributed by atoms with Gasteiger partial charge < -0.3 is 20.1 Å². The van der Waals surface area contributed by atoms with E-state index in [4.69, 9.17) is 15.2 Å². The van der Waals surface area contributed by atoms with E-state index in [1.807, 2.05) is 19.9 Å². The van der Waals surface area contributed by atoms with Crippen molar-refractivity contribution >= 4 is 5.69 Å². The molecule has 1 saturated heterocycles. The summed E-state index contributed by atoms with van der Waals surface area (Å²) in [5, 5.41) is 0. The molecular formula is C13H21N3O2. The molecule has 100 valence electrons. The highest BCUT2D eigenvalue weighted by molar-refractivity contribution is 5.58. The fraction of sp³-hybridized carbons (Fsp3) is 0.615. The van der Waals surface area contributed by atoms with Crippen molar-refractivity contribution in [3.05, 3.63) is 18.0 Å². The average molecular weight is 251 g/mol. The Balaban J connectivity index is 2.22. The Bertz CT molecular complexity index is 409. The van der Waals surface area contributed by atoms with Crippen molar-refractivity contribution in [1.29, 1.82) is 0 Å². The quantitative estimate of drug-likeness (QED) is 0.866. The standard InChI is InChI=1S/C13H21N3O2/c1-9-6-11(12(17-3)7-15-9)16-4-5-18-13(8-16)10(2)14/h6-7,10,13H,4-5,8,14H2,1-3H3. The molecule has 1 aromatic heterocycles. The summed E-state index contributed by atoms with van der Waals surface area (Å²) in [6, 6.07) is 2.07. The Labute approximate surface area is 108 Å². The molecule has 18 heavy (non-hydrogen) atoms. The normalized spacial score (nSPS) is 21.8. The van der Waals surface area contributed by atoms with Gasteiger partial charge in [-0.1, -0.05) is 0 Å². The van der Waals surface area contributed by atoms with Crippen molar-refractivity contribution in [3.8, 4) is 5.75 Å². The zero-order valence-electron chi connectivity index (χ0n) is 11.2. The lowest BCUT2D eigenvalue weighted by Gasteiger charge is -2.36. The second kappa shape index (κ2) is 5.54. The van der Waals surface area contributed by atoms with E-state index in [2.05, 4.69) is 9.88 Å². The molecule has 5 heteroatoms. The molecule has 0 spiro atoms. The van der Waals surface area contributed by atoms with Crippen molar-refractivity contribution in [1.82, 2.24) is 4.98 Å². The molecule has 1 aromatic rings. The van der Waals surface area contributed by atoms with Gasteiger partial charge in [0.05, 0.1) is 31.7 Å². The van der Waals surface area contributed by atoms with Gasteiger partial charge in [0, 0.05) is 24.8 Å². The number of aromatic nitrogens is 1. The molecule has 2 rings (SSSR count). The van der Waals surface area contributed by atoms with Crippen molar-refractivity contribution in [2.45, 2.75) is 26.0 Å². The minimum absolute atomic E-state index is 0.0294.